The molecule has 19 heavy (non-hydrogen) atoms. The highest BCUT2D eigenvalue weighted by molar-refractivity contribution is 9.10. The molecule has 0 bridgehead atoms. The van der Waals surface area contributed by atoms with Gasteiger partial charge in [0.15, 0.2) is 0 Å². The van der Waals surface area contributed by atoms with Crippen molar-refractivity contribution in [1.82, 2.24) is 4.90 Å². The normalized spacial score (nSPS) is 10.5. The van der Waals surface area contributed by atoms with Gasteiger partial charge in [0.05, 0.1) is 34.1 Å². The molecule has 1 aromatic rings. The van der Waals surface area contributed by atoms with Crippen molar-refractivity contribution in [1.29, 1.82) is 0 Å². The summed E-state index contributed by atoms with van der Waals surface area (Å²) >= 11 is 3.05. The maximum atomic E-state index is 11.6. The average Bonchev–Trinajstić information content (AvgIpc) is 2.35. The number of methoxy groups -OCH3 is 1. The fourth-order valence-electron chi connectivity index (χ4n) is 1.25. The first kappa shape index (κ1) is 15.1. The van der Waals surface area contributed by atoms with Crippen LogP contribution in [0.2, 0.25) is 0 Å². The molecule has 0 N–H and O–H groups in total. The van der Waals surface area contributed by atoms with E-state index in [1.54, 1.807) is 19.0 Å². The molecule has 1 rings (SSSR count). The number of esters is 1. The molecule has 0 aliphatic carbocycles. The zero-order chi connectivity index (χ0) is 14.6. The van der Waals surface area contributed by atoms with E-state index in [-0.39, 0.29) is 21.4 Å². The van der Waals surface area contributed by atoms with Crippen LogP contribution in [0, 0.1) is 10.1 Å². The Bertz CT molecular complexity index is 543. The smallest absolute Gasteiger partial charge is 0.340 e. The summed E-state index contributed by atoms with van der Waals surface area (Å²) in [5.41, 5.74) is 0.159. The van der Waals surface area contributed by atoms with Crippen LogP contribution in [-0.4, -0.2) is 43.3 Å². The molecule has 7 nitrogen and oxygen atoms in total. The van der Waals surface area contributed by atoms with Gasteiger partial charge >= 0.3 is 5.97 Å². The molecule has 0 aliphatic rings. The Hall–Kier alpha value is -1.96. The van der Waals surface area contributed by atoms with Gasteiger partial charge in [0, 0.05) is 20.2 Å². The number of halogens is 1. The number of nitro benzene ring substituents is 1. The van der Waals surface area contributed by atoms with E-state index in [1.165, 1.54) is 25.6 Å². The number of carbonyl (C=O) groups is 1. The maximum absolute atomic E-state index is 11.6. The Morgan fingerprint density at radius 3 is 2.63 bits per heavy atom. The SMILES string of the molecule is COC(=O)c1cc(Br)c([N+](=O)[O-])cc1N=CN(C)C. The van der Waals surface area contributed by atoms with Gasteiger partial charge in [-0.1, -0.05) is 0 Å². The Labute approximate surface area is 118 Å². The second-order valence-corrected chi connectivity index (χ2v) is 4.63. The minimum atomic E-state index is -0.610. The molecule has 0 heterocycles. The van der Waals surface area contributed by atoms with Gasteiger partial charge in [0.1, 0.15) is 0 Å². The molecule has 0 unspecified atom stereocenters. The van der Waals surface area contributed by atoms with Crippen molar-refractivity contribution >= 4 is 39.6 Å². The van der Waals surface area contributed by atoms with Gasteiger partial charge in [0.2, 0.25) is 0 Å². The third kappa shape index (κ3) is 3.75. The summed E-state index contributed by atoms with van der Waals surface area (Å²) in [5, 5.41) is 10.9. The summed E-state index contributed by atoms with van der Waals surface area (Å²) in [4.78, 5) is 27.6. The fraction of sp³-hybridized carbons (Fsp3) is 0.273. The Balaban J connectivity index is 3.41. The lowest BCUT2D eigenvalue weighted by Crippen LogP contribution is -2.08. The van der Waals surface area contributed by atoms with Crippen LogP contribution in [-0.2, 0) is 4.74 Å². The first-order valence-electron chi connectivity index (χ1n) is 5.13. The molecule has 0 radical (unpaired) electrons. The van der Waals surface area contributed by atoms with Gasteiger partial charge < -0.3 is 9.64 Å². The highest BCUT2D eigenvalue weighted by Gasteiger charge is 2.20. The maximum Gasteiger partial charge on any atom is 0.340 e. The molecule has 0 saturated carbocycles. The topological polar surface area (TPSA) is 85.0 Å². The van der Waals surface area contributed by atoms with Crippen molar-refractivity contribution in [2.24, 2.45) is 4.99 Å². The summed E-state index contributed by atoms with van der Waals surface area (Å²) in [7, 11) is 4.72. The van der Waals surface area contributed by atoms with Crippen LogP contribution >= 0.6 is 15.9 Å². The largest absolute Gasteiger partial charge is 0.465 e. The monoisotopic (exact) mass is 329 g/mol. The molecule has 0 aliphatic heterocycles. The molecular weight excluding hydrogens is 318 g/mol. The minimum absolute atomic E-state index is 0.151. The fourth-order valence-corrected chi connectivity index (χ4v) is 1.74. The van der Waals surface area contributed by atoms with Crippen molar-refractivity contribution in [3.05, 3.63) is 32.3 Å². The first-order chi connectivity index (χ1) is 8.86. The predicted molar refractivity (Wildman–Crippen MR) is 74.0 cm³/mol. The molecule has 102 valence electrons. The van der Waals surface area contributed by atoms with E-state index < -0.39 is 10.9 Å². The van der Waals surface area contributed by atoms with E-state index >= 15 is 0 Å². The molecule has 1 aromatic carbocycles. The van der Waals surface area contributed by atoms with E-state index in [0.29, 0.717) is 0 Å². The average molecular weight is 330 g/mol. The summed E-state index contributed by atoms with van der Waals surface area (Å²) in [6, 6.07) is 2.54. The van der Waals surface area contributed by atoms with Crippen LogP contribution in [0.15, 0.2) is 21.6 Å². The molecule has 0 aromatic heterocycles. The standard InChI is InChI=1S/C11H12BrN3O4/c1-14(2)6-13-9-5-10(15(17)18)8(12)4-7(9)11(16)19-3/h4-6H,1-3H3. The summed E-state index contributed by atoms with van der Waals surface area (Å²) in [5.74, 6) is -0.610. The summed E-state index contributed by atoms with van der Waals surface area (Å²) in [6.07, 6.45) is 1.44. The third-order valence-corrected chi connectivity index (χ3v) is 2.73. The number of nitrogens with zero attached hydrogens (tertiary/aromatic N) is 3. The Morgan fingerprint density at radius 1 is 1.53 bits per heavy atom. The van der Waals surface area contributed by atoms with Crippen LogP contribution in [0.4, 0.5) is 11.4 Å². The van der Waals surface area contributed by atoms with E-state index in [9.17, 15) is 14.9 Å². The second kappa shape index (κ2) is 6.28. The highest BCUT2D eigenvalue weighted by atomic mass is 79.9. The van der Waals surface area contributed by atoms with Crippen molar-refractivity contribution < 1.29 is 14.5 Å². The van der Waals surface area contributed by atoms with Crippen molar-refractivity contribution in [2.75, 3.05) is 21.2 Å². The Kier molecular flexibility index (Phi) is 4.99. The molecule has 0 fully saturated rings. The van der Waals surface area contributed by atoms with Gasteiger partial charge in [-0.2, -0.15) is 0 Å². The van der Waals surface area contributed by atoms with Gasteiger partial charge in [-0.15, -0.1) is 0 Å². The van der Waals surface area contributed by atoms with E-state index in [0.717, 1.165) is 0 Å². The number of hydrogen-bond donors (Lipinski definition) is 0. The quantitative estimate of drug-likeness (QED) is 0.278. The number of rotatable bonds is 4. The van der Waals surface area contributed by atoms with Crippen molar-refractivity contribution in [3.8, 4) is 0 Å². The van der Waals surface area contributed by atoms with E-state index in [1.807, 2.05) is 0 Å². The number of ether oxygens (including phenoxy) is 1. The van der Waals surface area contributed by atoms with Crippen LogP contribution < -0.4 is 0 Å². The number of benzene rings is 1. The van der Waals surface area contributed by atoms with Gasteiger partial charge in [0.25, 0.3) is 5.69 Å². The molecule has 0 amide bonds. The molecule has 8 heteroatoms. The van der Waals surface area contributed by atoms with Gasteiger partial charge in [-0.3, -0.25) is 10.1 Å². The zero-order valence-electron chi connectivity index (χ0n) is 10.6. The number of carbonyl (C=O) groups excluding carboxylic acids is 1. The predicted octanol–water partition coefficient (Wildman–Crippen LogP) is 2.37. The summed E-state index contributed by atoms with van der Waals surface area (Å²) < 4.78 is 4.82. The van der Waals surface area contributed by atoms with Gasteiger partial charge in [-0.05, 0) is 22.0 Å². The van der Waals surface area contributed by atoms with Crippen LogP contribution in [0.5, 0.6) is 0 Å². The first-order valence-corrected chi connectivity index (χ1v) is 5.93. The van der Waals surface area contributed by atoms with Crippen LogP contribution in [0.3, 0.4) is 0 Å². The lowest BCUT2D eigenvalue weighted by Gasteiger charge is -2.07. The second-order valence-electron chi connectivity index (χ2n) is 3.78. The lowest BCUT2D eigenvalue weighted by atomic mass is 10.1. The van der Waals surface area contributed by atoms with E-state index in [2.05, 4.69) is 25.7 Å². The summed E-state index contributed by atoms with van der Waals surface area (Å²) in [6.45, 7) is 0. The van der Waals surface area contributed by atoms with Crippen LogP contribution in [0.25, 0.3) is 0 Å². The van der Waals surface area contributed by atoms with Crippen molar-refractivity contribution in [2.45, 2.75) is 0 Å². The molecule has 0 saturated heterocycles. The number of nitro groups is 1. The molecular formula is C11H12BrN3O4. The van der Waals surface area contributed by atoms with E-state index in [4.69, 9.17) is 0 Å². The third-order valence-electron chi connectivity index (χ3n) is 2.09. The lowest BCUT2D eigenvalue weighted by molar-refractivity contribution is -0.385. The number of hydrogen-bond acceptors (Lipinski definition) is 5. The Morgan fingerprint density at radius 2 is 2.16 bits per heavy atom. The minimum Gasteiger partial charge on any atom is -0.465 e. The van der Waals surface area contributed by atoms with Crippen LogP contribution in [0.1, 0.15) is 10.4 Å². The van der Waals surface area contributed by atoms with Gasteiger partial charge in [-0.25, -0.2) is 9.79 Å². The van der Waals surface area contributed by atoms with Crippen molar-refractivity contribution in [3.63, 3.8) is 0 Å². The number of aliphatic imine (C=N–C) groups is 1. The highest BCUT2D eigenvalue weighted by Crippen LogP contribution is 2.33. The molecule has 0 spiro atoms. The zero-order valence-corrected chi connectivity index (χ0v) is 12.2. The molecule has 0 atom stereocenters.